The van der Waals surface area contributed by atoms with Gasteiger partial charge in [-0.3, -0.25) is 14.4 Å². The van der Waals surface area contributed by atoms with Gasteiger partial charge in [-0.05, 0) is 36.3 Å². The molecule has 0 saturated heterocycles. The molecule has 7 heteroatoms. The van der Waals surface area contributed by atoms with E-state index >= 15 is 0 Å². The topological polar surface area (TPSA) is 86.7 Å². The lowest BCUT2D eigenvalue weighted by atomic mass is 10.1. The number of unbranched alkanes of at least 4 members (excludes halogenated alkanes) is 1. The van der Waals surface area contributed by atoms with Crippen molar-refractivity contribution in [2.24, 2.45) is 0 Å². The molecule has 1 aromatic rings. The van der Waals surface area contributed by atoms with Crippen LogP contribution in [-0.4, -0.2) is 40.9 Å². The molecule has 0 unspecified atom stereocenters. The lowest BCUT2D eigenvalue weighted by molar-refractivity contribution is -0.137. The SMILES string of the molecule is O=C(O)CCCCNC(=O)CCC(=O)N1CCc2sccc2C1. The molecule has 0 aromatic carbocycles. The van der Waals surface area contributed by atoms with Gasteiger partial charge in [0.25, 0.3) is 0 Å². The first kappa shape index (κ1) is 17.5. The number of hydrogen-bond acceptors (Lipinski definition) is 4. The Hall–Kier alpha value is -1.89. The van der Waals surface area contributed by atoms with E-state index in [-0.39, 0.29) is 31.1 Å². The molecule has 23 heavy (non-hydrogen) atoms. The molecule has 0 saturated carbocycles. The average Bonchev–Trinajstić information content (AvgIpc) is 2.99. The number of aliphatic carboxylic acids is 1. The number of carbonyl (C=O) groups excluding carboxylic acids is 2. The maximum atomic E-state index is 12.2. The molecule has 6 nitrogen and oxygen atoms in total. The Morgan fingerprint density at radius 1 is 1.22 bits per heavy atom. The van der Waals surface area contributed by atoms with Crippen molar-refractivity contribution in [2.45, 2.75) is 45.1 Å². The third-order valence-electron chi connectivity index (χ3n) is 3.87. The van der Waals surface area contributed by atoms with E-state index < -0.39 is 5.97 Å². The Balaban J connectivity index is 1.61. The second kappa shape index (κ2) is 8.67. The minimum atomic E-state index is -0.822. The smallest absolute Gasteiger partial charge is 0.303 e. The first-order valence-corrected chi connectivity index (χ1v) is 8.75. The fraction of sp³-hybridized carbons (Fsp3) is 0.562. The van der Waals surface area contributed by atoms with Crippen molar-refractivity contribution in [1.82, 2.24) is 10.2 Å². The summed E-state index contributed by atoms with van der Waals surface area (Å²) in [5, 5.41) is 13.3. The van der Waals surface area contributed by atoms with Crippen LogP contribution in [0.5, 0.6) is 0 Å². The van der Waals surface area contributed by atoms with Crippen LogP contribution in [0, 0.1) is 0 Å². The average molecular weight is 338 g/mol. The third kappa shape index (κ3) is 5.67. The molecule has 0 bridgehead atoms. The van der Waals surface area contributed by atoms with E-state index in [9.17, 15) is 14.4 Å². The van der Waals surface area contributed by atoms with Crippen LogP contribution in [0.4, 0.5) is 0 Å². The van der Waals surface area contributed by atoms with E-state index in [4.69, 9.17) is 5.11 Å². The van der Waals surface area contributed by atoms with Crippen molar-refractivity contribution in [2.75, 3.05) is 13.1 Å². The van der Waals surface area contributed by atoms with Gasteiger partial charge in [0.15, 0.2) is 0 Å². The number of thiophene rings is 1. The number of fused-ring (bicyclic) bond motifs is 1. The summed E-state index contributed by atoms with van der Waals surface area (Å²) in [6.07, 6.45) is 2.61. The summed E-state index contributed by atoms with van der Waals surface area (Å²) in [7, 11) is 0. The summed E-state index contributed by atoms with van der Waals surface area (Å²) in [6.45, 7) is 1.83. The summed E-state index contributed by atoms with van der Waals surface area (Å²) in [5.41, 5.74) is 1.22. The van der Waals surface area contributed by atoms with Crippen molar-refractivity contribution in [3.8, 4) is 0 Å². The monoisotopic (exact) mass is 338 g/mol. The number of nitrogens with zero attached hydrogens (tertiary/aromatic N) is 1. The molecule has 126 valence electrons. The van der Waals surface area contributed by atoms with Crippen LogP contribution in [-0.2, 0) is 27.3 Å². The zero-order valence-corrected chi connectivity index (χ0v) is 13.9. The molecule has 2 N–H and O–H groups in total. The summed E-state index contributed by atoms with van der Waals surface area (Å²) >= 11 is 1.73. The number of amides is 2. The predicted octanol–water partition coefficient (Wildman–Crippen LogP) is 1.78. The normalized spacial score (nSPS) is 13.5. The Kier molecular flexibility index (Phi) is 6.58. The minimum Gasteiger partial charge on any atom is -0.481 e. The second-order valence-electron chi connectivity index (χ2n) is 5.64. The molecule has 0 aliphatic carbocycles. The molecule has 2 amide bonds. The van der Waals surface area contributed by atoms with Gasteiger partial charge in [-0.25, -0.2) is 0 Å². The van der Waals surface area contributed by atoms with Crippen LogP contribution in [0.25, 0.3) is 0 Å². The van der Waals surface area contributed by atoms with Crippen molar-refractivity contribution >= 4 is 29.1 Å². The lowest BCUT2D eigenvalue weighted by Crippen LogP contribution is -2.36. The quantitative estimate of drug-likeness (QED) is 0.708. The van der Waals surface area contributed by atoms with Crippen molar-refractivity contribution in [3.63, 3.8) is 0 Å². The Morgan fingerprint density at radius 3 is 2.83 bits per heavy atom. The van der Waals surface area contributed by atoms with Crippen LogP contribution >= 0.6 is 11.3 Å². The van der Waals surface area contributed by atoms with Crippen LogP contribution in [0.2, 0.25) is 0 Å². The number of carboxylic acids is 1. The minimum absolute atomic E-state index is 0.0166. The zero-order chi connectivity index (χ0) is 16.7. The molecule has 1 aliphatic rings. The predicted molar refractivity (Wildman–Crippen MR) is 87.2 cm³/mol. The van der Waals surface area contributed by atoms with Crippen LogP contribution in [0.1, 0.15) is 42.5 Å². The van der Waals surface area contributed by atoms with Crippen LogP contribution in [0.15, 0.2) is 11.4 Å². The van der Waals surface area contributed by atoms with E-state index in [1.807, 2.05) is 4.90 Å². The molecule has 0 radical (unpaired) electrons. The molecular weight excluding hydrogens is 316 g/mol. The van der Waals surface area contributed by atoms with Gasteiger partial charge >= 0.3 is 5.97 Å². The fourth-order valence-corrected chi connectivity index (χ4v) is 3.45. The van der Waals surface area contributed by atoms with Gasteiger partial charge in [-0.2, -0.15) is 0 Å². The van der Waals surface area contributed by atoms with Gasteiger partial charge in [-0.15, -0.1) is 11.3 Å². The molecule has 1 aliphatic heterocycles. The Labute approximate surface area is 139 Å². The van der Waals surface area contributed by atoms with E-state index in [2.05, 4.69) is 16.8 Å². The highest BCUT2D eigenvalue weighted by atomic mass is 32.1. The molecule has 2 heterocycles. The first-order valence-electron chi connectivity index (χ1n) is 7.88. The number of carboxylic acid groups (broad SMARTS) is 1. The maximum absolute atomic E-state index is 12.2. The zero-order valence-electron chi connectivity index (χ0n) is 13.0. The number of carbonyl (C=O) groups is 3. The molecule has 0 spiro atoms. The van der Waals surface area contributed by atoms with Gasteiger partial charge in [0.05, 0.1) is 0 Å². The third-order valence-corrected chi connectivity index (χ3v) is 4.89. The van der Waals surface area contributed by atoms with Crippen molar-refractivity contribution < 1.29 is 19.5 Å². The van der Waals surface area contributed by atoms with Crippen LogP contribution in [0.3, 0.4) is 0 Å². The standard InChI is InChI=1S/C16H22N2O4S/c19-14(17-8-2-1-3-16(21)22)4-5-15(20)18-9-6-13-12(11-18)7-10-23-13/h7,10H,1-6,8-9,11H2,(H,17,19)(H,21,22). The second-order valence-corrected chi connectivity index (χ2v) is 6.64. The molecule has 0 fully saturated rings. The van der Waals surface area contributed by atoms with Gasteiger partial charge in [-0.1, -0.05) is 0 Å². The van der Waals surface area contributed by atoms with E-state index in [1.54, 1.807) is 11.3 Å². The Morgan fingerprint density at radius 2 is 2.04 bits per heavy atom. The van der Waals surface area contributed by atoms with Gasteiger partial charge < -0.3 is 15.3 Å². The fourth-order valence-electron chi connectivity index (χ4n) is 2.56. The summed E-state index contributed by atoms with van der Waals surface area (Å²) < 4.78 is 0. The molecule has 2 rings (SSSR count). The highest BCUT2D eigenvalue weighted by Crippen LogP contribution is 2.24. The lowest BCUT2D eigenvalue weighted by Gasteiger charge is -2.27. The molecular formula is C16H22N2O4S. The summed E-state index contributed by atoms with van der Waals surface area (Å²) in [5.74, 6) is -0.956. The van der Waals surface area contributed by atoms with E-state index in [0.717, 1.165) is 13.0 Å². The number of nitrogens with one attached hydrogen (secondary N) is 1. The number of rotatable bonds is 8. The van der Waals surface area contributed by atoms with Crippen molar-refractivity contribution in [1.29, 1.82) is 0 Å². The summed E-state index contributed by atoms with van der Waals surface area (Å²) in [6, 6.07) is 2.06. The first-order chi connectivity index (χ1) is 11.1. The van der Waals surface area contributed by atoms with Crippen LogP contribution < -0.4 is 5.32 Å². The largest absolute Gasteiger partial charge is 0.481 e. The maximum Gasteiger partial charge on any atom is 0.303 e. The Bertz CT molecular complexity index is 570. The van der Waals surface area contributed by atoms with Crippen molar-refractivity contribution in [3.05, 3.63) is 21.9 Å². The molecule has 0 atom stereocenters. The van der Waals surface area contributed by atoms with Gasteiger partial charge in [0.1, 0.15) is 0 Å². The van der Waals surface area contributed by atoms with E-state index in [0.29, 0.717) is 25.9 Å². The highest BCUT2D eigenvalue weighted by Gasteiger charge is 2.21. The van der Waals surface area contributed by atoms with Gasteiger partial charge in [0.2, 0.25) is 11.8 Å². The van der Waals surface area contributed by atoms with E-state index in [1.165, 1.54) is 10.4 Å². The summed E-state index contributed by atoms with van der Waals surface area (Å²) in [4.78, 5) is 37.4. The highest BCUT2D eigenvalue weighted by molar-refractivity contribution is 7.10. The molecule has 1 aromatic heterocycles. The van der Waals surface area contributed by atoms with Gasteiger partial charge in [0, 0.05) is 43.8 Å². The number of hydrogen-bond donors (Lipinski definition) is 2.